The second-order valence-electron chi connectivity index (χ2n) is 5.97. The van der Waals surface area contributed by atoms with Crippen molar-refractivity contribution in [2.24, 2.45) is 5.92 Å². The van der Waals surface area contributed by atoms with Crippen LogP contribution in [0.3, 0.4) is 0 Å². The maximum Gasteiger partial charge on any atom is 0.220 e. The lowest BCUT2D eigenvalue weighted by Gasteiger charge is -2.17. The molecule has 0 saturated carbocycles. The molecule has 1 aromatic carbocycles. The fraction of sp³-hybridized carbons (Fsp3) is 0.556. The summed E-state index contributed by atoms with van der Waals surface area (Å²) in [5, 5.41) is 2.96. The van der Waals surface area contributed by atoms with Crippen LogP contribution in [0.5, 0.6) is 11.5 Å². The fourth-order valence-electron chi connectivity index (χ4n) is 1.91. The van der Waals surface area contributed by atoms with Crippen molar-refractivity contribution in [2.45, 2.75) is 46.6 Å². The number of carbonyl (C=O) groups is 2. The molecule has 0 fully saturated rings. The molecule has 0 aliphatic rings. The predicted octanol–water partition coefficient (Wildman–Crippen LogP) is 3.22. The van der Waals surface area contributed by atoms with Crippen molar-refractivity contribution in [3.63, 3.8) is 0 Å². The van der Waals surface area contributed by atoms with Crippen molar-refractivity contribution in [1.29, 1.82) is 0 Å². The van der Waals surface area contributed by atoms with Gasteiger partial charge in [0, 0.05) is 18.0 Å². The number of amides is 1. The molecule has 0 spiro atoms. The molecule has 0 aromatic heterocycles. The highest BCUT2D eigenvalue weighted by Gasteiger charge is 2.11. The standard InChI is InChI=1S/C18H27NO4/c1-12(2)13(3)19-18(21)7-6-10-23-16-9-8-15(14(4)20)11-17(16)22-5/h8-9,11-13H,6-7,10H2,1-5H3,(H,19,21). The number of methoxy groups -OCH3 is 1. The van der Waals surface area contributed by atoms with E-state index < -0.39 is 0 Å². The highest BCUT2D eigenvalue weighted by atomic mass is 16.5. The van der Waals surface area contributed by atoms with Crippen molar-refractivity contribution in [3.8, 4) is 11.5 Å². The minimum Gasteiger partial charge on any atom is -0.493 e. The second kappa shape index (κ2) is 9.18. The van der Waals surface area contributed by atoms with Gasteiger partial charge < -0.3 is 14.8 Å². The fourth-order valence-corrected chi connectivity index (χ4v) is 1.91. The molecule has 1 unspecified atom stereocenters. The molecule has 1 atom stereocenters. The Balaban J connectivity index is 2.44. The van der Waals surface area contributed by atoms with E-state index in [1.54, 1.807) is 18.2 Å². The Morgan fingerprint density at radius 3 is 2.43 bits per heavy atom. The second-order valence-corrected chi connectivity index (χ2v) is 5.97. The first-order chi connectivity index (χ1) is 10.8. The molecule has 0 saturated heterocycles. The Morgan fingerprint density at radius 1 is 1.17 bits per heavy atom. The summed E-state index contributed by atoms with van der Waals surface area (Å²) in [5.41, 5.74) is 0.580. The minimum absolute atomic E-state index is 0.0224. The Morgan fingerprint density at radius 2 is 1.87 bits per heavy atom. The maximum atomic E-state index is 11.8. The Labute approximate surface area is 138 Å². The van der Waals surface area contributed by atoms with Gasteiger partial charge in [-0.3, -0.25) is 9.59 Å². The van der Waals surface area contributed by atoms with Gasteiger partial charge in [0.2, 0.25) is 5.91 Å². The van der Waals surface area contributed by atoms with Crippen LogP contribution in [0, 0.1) is 5.92 Å². The molecule has 128 valence electrons. The highest BCUT2D eigenvalue weighted by Crippen LogP contribution is 2.28. The largest absolute Gasteiger partial charge is 0.493 e. The number of ketones is 1. The maximum absolute atomic E-state index is 11.8. The Bertz CT molecular complexity index is 540. The van der Waals surface area contributed by atoms with Gasteiger partial charge in [-0.2, -0.15) is 0 Å². The van der Waals surface area contributed by atoms with Crippen molar-refractivity contribution in [1.82, 2.24) is 5.32 Å². The quantitative estimate of drug-likeness (QED) is 0.560. The van der Waals surface area contributed by atoms with Gasteiger partial charge >= 0.3 is 0 Å². The third kappa shape index (κ3) is 6.30. The Hall–Kier alpha value is -2.04. The number of hydrogen-bond donors (Lipinski definition) is 1. The van der Waals surface area contributed by atoms with Crippen LogP contribution < -0.4 is 14.8 Å². The average molecular weight is 321 g/mol. The van der Waals surface area contributed by atoms with E-state index in [0.29, 0.717) is 42.4 Å². The van der Waals surface area contributed by atoms with Gasteiger partial charge in [0.25, 0.3) is 0 Å². The van der Waals surface area contributed by atoms with E-state index >= 15 is 0 Å². The topological polar surface area (TPSA) is 64.6 Å². The normalized spacial score (nSPS) is 11.9. The molecular formula is C18H27NO4. The number of benzene rings is 1. The molecule has 1 amide bonds. The lowest BCUT2D eigenvalue weighted by atomic mass is 10.1. The molecule has 0 aliphatic heterocycles. The number of Topliss-reactive ketones (excluding diaryl/α,β-unsaturated/α-hetero) is 1. The molecule has 23 heavy (non-hydrogen) atoms. The first-order valence-electron chi connectivity index (χ1n) is 7.96. The van der Waals surface area contributed by atoms with Crippen LogP contribution in [0.25, 0.3) is 0 Å². The SMILES string of the molecule is COc1cc(C(C)=O)ccc1OCCCC(=O)NC(C)C(C)C. The summed E-state index contributed by atoms with van der Waals surface area (Å²) >= 11 is 0. The van der Waals surface area contributed by atoms with Crippen molar-refractivity contribution >= 4 is 11.7 Å². The van der Waals surface area contributed by atoms with E-state index in [-0.39, 0.29) is 17.7 Å². The monoisotopic (exact) mass is 321 g/mol. The highest BCUT2D eigenvalue weighted by molar-refractivity contribution is 5.94. The smallest absolute Gasteiger partial charge is 0.220 e. The van der Waals surface area contributed by atoms with Gasteiger partial charge in [0.15, 0.2) is 17.3 Å². The summed E-state index contributed by atoms with van der Waals surface area (Å²) in [6, 6.07) is 5.25. The summed E-state index contributed by atoms with van der Waals surface area (Å²) in [6.07, 6.45) is 1.04. The van der Waals surface area contributed by atoms with Crippen LogP contribution in [0.2, 0.25) is 0 Å². The van der Waals surface area contributed by atoms with Crippen LogP contribution >= 0.6 is 0 Å². The zero-order chi connectivity index (χ0) is 17.4. The predicted molar refractivity (Wildman–Crippen MR) is 90.2 cm³/mol. The summed E-state index contributed by atoms with van der Waals surface area (Å²) in [4.78, 5) is 23.1. The molecule has 5 nitrogen and oxygen atoms in total. The van der Waals surface area contributed by atoms with Crippen molar-refractivity contribution in [2.75, 3.05) is 13.7 Å². The van der Waals surface area contributed by atoms with E-state index in [2.05, 4.69) is 19.2 Å². The molecule has 0 aliphatic carbocycles. The van der Waals surface area contributed by atoms with Crippen LogP contribution in [0.1, 0.15) is 50.9 Å². The van der Waals surface area contributed by atoms with E-state index in [4.69, 9.17) is 9.47 Å². The van der Waals surface area contributed by atoms with Crippen LogP contribution in [0.4, 0.5) is 0 Å². The van der Waals surface area contributed by atoms with Gasteiger partial charge in [-0.25, -0.2) is 0 Å². The molecule has 0 radical (unpaired) electrons. The first kappa shape index (κ1) is 19.0. The number of hydrogen-bond acceptors (Lipinski definition) is 4. The number of rotatable bonds is 9. The average Bonchev–Trinajstić information content (AvgIpc) is 2.51. The van der Waals surface area contributed by atoms with Gasteiger partial charge in [0.05, 0.1) is 13.7 Å². The molecule has 1 rings (SSSR count). The lowest BCUT2D eigenvalue weighted by molar-refractivity contribution is -0.122. The van der Waals surface area contributed by atoms with Gasteiger partial charge in [0.1, 0.15) is 0 Å². The molecule has 5 heteroatoms. The summed E-state index contributed by atoms with van der Waals surface area (Å²) in [5.74, 6) is 1.53. The number of carbonyl (C=O) groups excluding carboxylic acids is 2. The number of ether oxygens (including phenoxy) is 2. The van der Waals surface area contributed by atoms with Crippen LogP contribution in [-0.2, 0) is 4.79 Å². The minimum atomic E-state index is -0.0224. The van der Waals surface area contributed by atoms with Gasteiger partial charge in [-0.05, 0) is 44.4 Å². The van der Waals surface area contributed by atoms with E-state index in [0.717, 1.165) is 0 Å². The van der Waals surface area contributed by atoms with Gasteiger partial charge in [-0.1, -0.05) is 13.8 Å². The molecular weight excluding hydrogens is 294 g/mol. The third-order valence-corrected chi connectivity index (χ3v) is 3.76. The summed E-state index contributed by atoms with van der Waals surface area (Å²) in [6.45, 7) is 8.07. The van der Waals surface area contributed by atoms with E-state index in [1.165, 1.54) is 14.0 Å². The number of nitrogens with one attached hydrogen (secondary N) is 1. The van der Waals surface area contributed by atoms with E-state index in [1.807, 2.05) is 6.92 Å². The molecule has 0 heterocycles. The summed E-state index contributed by atoms with van der Waals surface area (Å²) < 4.78 is 10.9. The van der Waals surface area contributed by atoms with E-state index in [9.17, 15) is 9.59 Å². The van der Waals surface area contributed by atoms with Gasteiger partial charge in [-0.15, -0.1) is 0 Å². The lowest BCUT2D eigenvalue weighted by Crippen LogP contribution is -2.36. The van der Waals surface area contributed by atoms with Crippen LogP contribution in [0.15, 0.2) is 18.2 Å². The summed E-state index contributed by atoms with van der Waals surface area (Å²) in [7, 11) is 1.53. The third-order valence-electron chi connectivity index (χ3n) is 3.76. The molecule has 1 N–H and O–H groups in total. The molecule has 1 aromatic rings. The molecule has 0 bridgehead atoms. The Kier molecular flexibility index (Phi) is 7.59. The van der Waals surface area contributed by atoms with Crippen LogP contribution in [-0.4, -0.2) is 31.4 Å². The zero-order valence-corrected chi connectivity index (χ0v) is 14.6. The zero-order valence-electron chi connectivity index (χ0n) is 14.6. The van der Waals surface area contributed by atoms with Crippen molar-refractivity contribution in [3.05, 3.63) is 23.8 Å². The first-order valence-corrected chi connectivity index (χ1v) is 7.96. The van der Waals surface area contributed by atoms with Crippen molar-refractivity contribution < 1.29 is 19.1 Å².